The van der Waals surface area contributed by atoms with Crippen molar-refractivity contribution in [1.29, 1.82) is 0 Å². The number of fused-ring (bicyclic) bond motifs is 1. The molecule has 8 heteroatoms. The highest BCUT2D eigenvalue weighted by atomic mass is 16.5. The molecule has 5 rings (SSSR count). The molecule has 0 spiro atoms. The Bertz CT molecular complexity index is 1340. The fraction of sp³-hybridized carbons (Fsp3) is 0.379. The van der Waals surface area contributed by atoms with E-state index in [9.17, 15) is 4.79 Å². The van der Waals surface area contributed by atoms with Crippen molar-refractivity contribution in [3.8, 4) is 11.4 Å². The van der Waals surface area contributed by atoms with Gasteiger partial charge < -0.3 is 15.4 Å². The van der Waals surface area contributed by atoms with E-state index >= 15 is 0 Å². The summed E-state index contributed by atoms with van der Waals surface area (Å²) >= 11 is 0. The van der Waals surface area contributed by atoms with E-state index in [2.05, 4.69) is 29.6 Å². The first kappa shape index (κ1) is 24.7. The van der Waals surface area contributed by atoms with Gasteiger partial charge in [0.1, 0.15) is 17.4 Å². The van der Waals surface area contributed by atoms with Gasteiger partial charge in [0.15, 0.2) is 5.65 Å². The standard InChI is InChI=1S/C29H34N6O2/c1-4-19(2)26-33-27(25-18-30-35(28(25)34-26)23-8-6-5-7-9-23)31-21-12-14-22(15-13-21)32-29(36)20-10-16-24(37-3)17-11-20/h5-11,16-19,21-22H,4,12-15H2,1-3H3,(H,32,36)(H,31,33,34). The van der Waals surface area contributed by atoms with Crippen LogP contribution in [0.2, 0.25) is 0 Å². The zero-order chi connectivity index (χ0) is 25.8. The van der Waals surface area contributed by atoms with Gasteiger partial charge in [0.25, 0.3) is 5.91 Å². The number of rotatable bonds is 8. The molecule has 8 nitrogen and oxygen atoms in total. The van der Waals surface area contributed by atoms with Gasteiger partial charge in [-0.15, -0.1) is 0 Å². The van der Waals surface area contributed by atoms with Crippen molar-refractivity contribution in [1.82, 2.24) is 25.1 Å². The molecule has 192 valence electrons. The van der Waals surface area contributed by atoms with E-state index in [1.165, 1.54) is 0 Å². The van der Waals surface area contributed by atoms with Gasteiger partial charge in [-0.2, -0.15) is 5.10 Å². The molecule has 1 aliphatic carbocycles. The third-order valence-electron chi connectivity index (χ3n) is 7.26. The number of nitrogens with zero attached hydrogens (tertiary/aromatic N) is 4. The molecule has 1 unspecified atom stereocenters. The number of aromatic nitrogens is 4. The molecule has 2 aromatic carbocycles. The van der Waals surface area contributed by atoms with E-state index in [0.717, 1.165) is 66.2 Å². The second kappa shape index (κ2) is 11.0. The van der Waals surface area contributed by atoms with Crippen LogP contribution in [0, 0.1) is 0 Å². The molecule has 0 bridgehead atoms. The van der Waals surface area contributed by atoms with E-state index in [-0.39, 0.29) is 23.9 Å². The summed E-state index contributed by atoms with van der Waals surface area (Å²) in [6, 6.07) is 17.7. The maximum atomic E-state index is 12.7. The summed E-state index contributed by atoms with van der Waals surface area (Å²) in [5, 5.41) is 12.5. The quantitative estimate of drug-likeness (QED) is 0.334. The SMILES string of the molecule is CCC(C)c1nc(NC2CCC(NC(=O)c3ccc(OC)cc3)CC2)c2cnn(-c3ccccc3)c2n1. The van der Waals surface area contributed by atoms with Crippen molar-refractivity contribution in [2.24, 2.45) is 0 Å². The summed E-state index contributed by atoms with van der Waals surface area (Å²) in [5.41, 5.74) is 2.45. The zero-order valence-corrected chi connectivity index (χ0v) is 21.6. The molecule has 0 aliphatic heterocycles. The first-order valence-corrected chi connectivity index (χ1v) is 13.1. The Morgan fingerprint density at radius 2 is 1.73 bits per heavy atom. The van der Waals surface area contributed by atoms with E-state index < -0.39 is 0 Å². The zero-order valence-electron chi connectivity index (χ0n) is 21.6. The summed E-state index contributed by atoms with van der Waals surface area (Å²) < 4.78 is 7.07. The number of ether oxygens (including phenoxy) is 1. The van der Waals surface area contributed by atoms with Crippen LogP contribution < -0.4 is 15.4 Å². The van der Waals surface area contributed by atoms with Crippen LogP contribution in [0.5, 0.6) is 5.75 Å². The minimum atomic E-state index is -0.0388. The van der Waals surface area contributed by atoms with Gasteiger partial charge in [-0.3, -0.25) is 4.79 Å². The minimum Gasteiger partial charge on any atom is -0.497 e. The van der Waals surface area contributed by atoms with E-state index in [1.807, 2.05) is 53.3 Å². The van der Waals surface area contributed by atoms with Crippen LogP contribution in [0.1, 0.15) is 68.1 Å². The molecule has 0 saturated heterocycles. The third kappa shape index (κ3) is 5.43. The fourth-order valence-electron chi connectivity index (χ4n) is 4.78. The van der Waals surface area contributed by atoms with Crippen LogP contribution in [0.25, 0.3) is 16.7 Å². The highest BCUT2D eigenvalue weighted by Crippen LogP contribution is 2.29. The van der Waals surface area contributed by atoms with E-state index in [4.69, 9.17) is 14.7 Å². The highest BCUT2D eigenvalue weighted by molar-refractivity contribution is 5.94. The van der Waals surface area contributed by atoms with E-state index in [1.54, 1.807) is 19.2 Å². The topological polar surface area (TPSA) is 94.0 Å². The molecule has 4 aromatic rings. The van der Waals surface area contributed by atoms with Crippen molar-refractivity contribution < 1.29 is 9.53 Å². The van der Waals surface area contributed by atoms with Crippen LogP contribution in [0.3, 0.4) is 0 Å². The summed E-state index contributed by atoms with van der Waals surface area (Å²) in [6.45, 7) is 4.31. The Labute approximate surface area is 217 Å². The maximum Gasteiger partial charge on any atom is 0.251 e. The molecule has 2 aromatic heterocycles. The molecule has 1 aliphatic rings. The van der Waals surface area contributed by atoms with Crippen LogP contribution in [-0.2, 0) is 0 Å². The summed E-state index contributed by atoms with van der Waals surface area (Å²) in [6.07, 6.45) is 6.54. The van der Waals surface area contributed by atoms with Gasteiger partial charge in [-0.05, 0) is 68.5 Å². The minimum absolute atomic E-state index is 0.0388. The number of hydrogen-bond acceptors (Lipinski definition) is 6. The predicted molar refractivity (Wildman–Crippen MR) is 145 cm³/mol. The lowest BCUT2D eigenvalue weighted by molar-refractivity contribution is 0.0926. The average Bonchev–Trinajstić information content (AvgIpc) is 3.38. The summed E-state index contributed by atoms with van der Waals surface area (Å²) in [5.74, 6) is 2.62. The van der Waals surface area contributed by atoms with Gasteiger partial charge in [0, 0.05) is 23.6 Å². The molecule has 1 fully saturated rings. The number of methoxy groups -OCH3 is 1. The van der Waals surface area contributed by atoms with Crippen LogP contribution in [0.15, 0.2) is 60.8 Å². The van der Waals surface area contributed by atoms with Crippen molar-refractivity contribution >= 4 is 22.8 Å². The Kier molecular flexibility index (Phi) is 7.35. The van der Waals surface area contributed by atoms with Gasteiger partial charge in [-0.25, -0.2) is 14.6 Å². The summed E-state index contributed by atoms with van der Waals surface area (Å²) in [7, 11) is 1.62. The number of para-hydroxylation sites is 1. The normalized spacial score (nSPS) is 18.4. The molecule has 1 saturated carbocycles. The number of carbonyl (C=O) groups excluding carboxylic acids is 1. The highest BCUT2D eigenvalue weighted by Gasteiger charge is 2.25. The van der Waals surface area contributed by atoms with E-state index in [0.29, 0.717) is 5.56 Å². The number of nitrogens with one attached hydrogen (secondary N) is 2. The van der Waals surface area contributed by atoms with Gasteiger partial charge in [0.2, 0.25) is 0 Å². The van der Waals surface area contributed by atoms with Crippen molar-refractivity contribution in [2.45, 2.75) is 64.0 Å². The largest absolute Gasteiger partial charge is 0.497 e. The lowest BCUT2D eigenvalue weighted by Crippen LogP contribution is -2.40. The lowest BCUT2D eigenvalue weighted by atomic mass is 9.91. The molecular weight excluding hydrogens is 464 g/mol. The lowest BCUT2D eigenvalue weighted by Gasteiger charge is -2.30. The average molecular weight is 499 g/mol. The molecule has 0 radical (unpaired) electrons. The van der Waals surface area contributed by atoms with Gasteiger partial charge in [0.05, 0.1) is 24.4 Å². The van der Waals surface area contributed by atoms with Crippen molar-refractivity contribution in [3.63, 3.8) is 0 Å². The Morgan fingerprint density at radius 1 is 1.03 bits per heavy atom. The first-order valence-electron chi connectivity index (χ1n) is 13.1. The van der Waals surface area contributed by atoms with Crippen molar-refractivity contribution in [2.75, 3.05) is 12.4 Å². The van der Waals surface area contributed by atoms with Crippen LogP contribution >= 0.6 is 0 Å². The monoisotopic (exact) mass is 498 g/mol. The number of amides is 1. The fourth-order valence-corrected chi connectivity index (χ4v) is 4.78. The predicted octanol–water partition coefficient (Wildman–Crippen LogP) is 5.49. The third-order valence-corrected chi connectivity index (χ3v) is 7.26. The number of anilines is 1. The Morgan fingerprint density at radius 3 is 2.41 bits per heavy atom. The maximum absolute atomic E-state index is 12.7. The number of carbonyl (C=O) groups is 1. The second-order valence-electron chi connectivity index (χ2n) is 9.76. The molecule has 2 N–H and O–H groups in total. The molecule has 37 heavy (non-hydrogen) atoms. The Balaban J connectivity index is 1.29. The second-order valence-corrected chi connectivity index (χ2v) is 9.76. The number of hydrogen-bond donors (Lipinski definition) is 2. The Hall–Kier alpha value is -3.94. The number of benzene rings is 2. The van der Waals surface area contributed by atoms with Crippen molar-refractivity contribution in [3.05, 3.63) is 72.2 Å². The molecule has 2 heterocycles. The van der Waals surface area contributed by atoms with Crippen LogP contribution in [0.4, 0.5) is 5.82 Å². The molecular formula is C29H34N6O2. The summed E-state index contributed by atoms with van der Waals surface area (Å²) in [4.78, 5) is 22.5. The molecule has 1 atom stereocenters. The van der Waals surface area contributed by atoms with Crippen LogP contribution in [-0.4, -0.2) is 44.8 Å². The smallest absolute Gasteiger partial charge is 0.251 e. The molecule has 1 amide bonds. The first-order chi connectivity index (χ1) is 18.1. The van der Waals surface area contributed by atoms with Gasteiger partial charge >= 0.3 is 0 Å². The van der Waals surface area contributed by atoms with Gasteiger partial charge in [-0.1, -0.05) is 32.0 Å².